The Morgan fingerprint density at radius 1 is 1.43 bits per heavy atom. The molecule has 0 atom stereocenters. The molecule has 0 fully saturated rings. The smallest absolute Gasteiger partial charge is 0.183 e. The van der Waals surface area contributed by atoms with Crippen LogP contribution in [0.4, 0.5) is 0 Å². The van der Waals surface area contributed by atoms with Crippen LogP contribution in [0.1, 0.15) is 24.9 Å². The van der Waals surface area contributed by atoms with Crippen molar-refractivity contribution in [1.29, 1.82) is 0 Å². The van der Waals surface area contributed by atoms with E-state index in [4.69, 9.17) is 0 Å². The van der Waals surface area contributed by atoms with Crippen LogP contribution in [0.25, 0.3) is 11.5 Å². The summed E-state index contributed by atoms with van der Waals surface area (Å²) in [7, 11) is 0. The van der Waals surface area contributed by atoms with E-state index in [1.165, 1.54) is 0 Å². The van der Waals surface area contributed by atoms with Crippen molar-refractivity contribution in [2.75, 3.05) is 0 Å². The Bertz CT molecular complexity index is 429. The third-order valence-electron chi connectivity index (χ3n) is 1.98. The summed E-state index contributed by atoms with van der Waals surface area (Å²) in [6.07, 6.45) is 1.74. The molecule has 74 valence electrons. The number of hydrogen-bond acceptors (Lipinski definition) is 4. The quantitative estimate of drug-likeness (QED) is 0.760. The Morgan fingerprint density at radius 2 is 2.21 bits per heavy atom. The van der Waals surface area contributed by atoms with Gasteiger partial charge < -0.3 is 4.57 Å². The molecular weight excluding hydrogens is 196 g/mol. The molecule has 2 heterocycles. The summed E-state index contributed by atoms with van der Waals surface area (Å²) in [6.45, 7) is 6.20. The van der Waals surface area contributed by atoms with Crippen LogP contribution < -0.4 is 0 Å². The van der Waals surface area contributed by atoms with Gasteiger partial charge in [-0.1, -0.05) is 0 Å². The van der Waals surface area contributed by atoms with Gasteiger partial charge in [0.25, 0.3) is 0 Å². The number of aromatic nitrogens is 4. The van der Waals surface area contributed by atoms with E-state index in [0.29, 0.717) is 6.04 Å². The minimum atomic E-state index is 0.363. The van der Waals surface area contributed by atoms with Crippen molar-refractivity contribution < 1.29 is 0 Å². The first-order valence-corrected chi connectivity index (χ1v) is 5.38. The van der Waals surface area contributed by atoms with Gasteiger partial charge in [0.05, 0.1) is 5.01 Å². The summed E-state index contributed by atoms with van der Waals surface area (Å²) in [4.78, 5) is 4.39. The number of aryl methyl sites for hydroxylation is 1. The van der Waals surface area contributed by atoms with E-state index in [2.05, 4.69) is 29.0 Å². The minimum Gasteiger partial charge on any atom is -0.310 e. The van der Waals surface area contributed by atoms with Gasteiger partial charge in [0, 0.05) is 11.4 Å². The molecule has 0 radical (unpaired) electrons. The van der Waals surface area contributed by atoms with Crippen molar-refractivity contribution >= 4 is 11.3 Å². The highest BCUT2D eigenvalue weighted by Gasteiger charge is 2.11. The predicted molar refractivity (Wildman–Crippen MR) is 56.3 cm³/mol. The lowest BCUT2D eigenvalue weighted by atomic mass is 10.3. The molecular formula is C9H12N4S. The largest absolute Gasteiger partial charge is 0.310 e. The molecule has 0 aliphatic heterocycles. The van der Waals surface area contributed by atoms with Crippen LogP contribution in [0, 0.1) is 6.92 Å². The van der Waals surface area contributed by atoms with E-state index in [-0.39, 0.29) is 0 Å². The van der Waals surface area contributed by atoms with Crippen molar-refractivity contribution in [1.82, 2.24) is 19.7 Å². The minimum absolute atomic E-state index is 0.363. The SMILES string of the molecule is Cc1nc(-c2nncn2C(C)C)cs1. The van der Waals surface area contributed by atoms with E-state index in [9.17, 15) is 0 Å². The van der Waals surface area contributed by atoms with Crippen molar-refractivity contribution in [2.45, 2.75) is 26.8 Å². The van der Waals surface area contributed by atoms with Crippen molar-refractivity contribution in [3.05, 3.63) is 16.7 Å². The highest BCUT2D eigenvalue weighted by atomic mass is 32.1. The second-order valence-corrected chi connectivity index (χ2v) is 4.47. The van der Waals surface area contributed by atoms with Crippen LogP contribution in [0.2, 0.25) is 0 Å². The first kappa shape index (κ1) is 9.33. The first-order chi connectivity index (χ1) is 6.68. The fourth-order valence-electron chi connectivity index (χ4n) is 1.27. The Kier molecular flexibility index (Phi) is 2.33. The van der Waals surface area contributed by atoms with E-state index < -0.39 is 0 Å². The van der Waals surface area contributed by atoms with Crippen LogP contribution in [0.3, 0.4) is 0 Å². The molecule has 0 aliphatic carbocycles. The molecule has 0 N–H and O–H groups in total. The zero-order chi connectivity index (χ0) is 10.1. The number of nitrogens with zero attached hydrogens (tertiary/aromatic N) is 4. The third kappa shape index (κ3) is 1.55. The van der Waals surface area contributed by atoms with Crippen LogP contribution in [0.15, 0.2) is 11.7 Å². The lowest BCUT2D eigenvalue weighted by Crippen LogP contribution is -2.01. The van der Waals surface area contributed by atoms with Gasteiger partial charge in [-0.15, -0.1) is 21.5 Å². The normalized spacial score (nSPS) is 11.1. The van der Waals surface area contributed by atoms with Gasteiger partial charge in [0.2, 0.25) is 0 Å². The molecule has 2 rings (SSSR count). The molecule has 0 saturated heterocycles. The fraction of sp³-hybridized carbons (Fsp3) is 0.444. The Morgan fingerprint density at radius 3 is 2.79 bits per heavy atom. The van der Waals surface area contributed by atoms with Crippen molar-refractivity contribution in [2.24, 2.45) is 0 Å². The second-order valence-electron chi connectivity index (χ2n) is 3.41. The predicted octanol–water partition coefficient (Wildman–Crippen LogP) is 2.29. The third-order valence-corrected chi connectivity index (χ3v) is 2.75. The maximum absolute atomic E-state index is 4.39. The maximum atomic E-state index is 4.39. The van der Waals surface area contributed by atoms with Gasteiger partial charge in [-0.25, -0.2) is 4.98 Å². The molecule has 0 spiro atoms. The molecule has 4 nitrogen and oxygen atoms in total. The van der Waals surface area contributed by atoms with Crippen LogP contribution >= 0.6 is 11.3 Å². The molecule has 0 unspecified atom stereocenters. The topological polar surface area (TPSA) is 43.6 Å². The van der Waals surface area contributed by atoms with Crippen LogP contribution in [0.5, 0.6) is 0 Å². The molecule has 0 aliphatic rings. The average Bonchev–Trinajstić information content (AvgIpc) is 2.70. The lowest BCUT2D eigenvalue weighted by molar-refractivity contribution is 0.603. The second kappa shape index (κ2) is 3.49. The molecule has 5 heteroatoms. The maximum Gasteiger partial charge on any atom is 0.183 e. The number of hydrogen-bond donors (Lipinski definition) is 0. The van der Waals surface area contributed by atoms with E-state index in [1.54, 1.807) is 17.7 Å². The average molecular weight is 208 g/mol. The van der Waals surface area contributed by atoms with Crippen molar-refractivity contribution in [3.8, 4) is 11.5 Å². The van der Waals surface area contributed by atoms with Gasteiger partial charge in [-0.05, 0) is 20.8 Å². The van der Waals surface area contributed by atoms with Gasteiger partial charge in [0.1, 0.15) is 12.0 Å². The summed E-state index contributed by atoms with van der Waals surface area (Å²) >= 11 is 1.63. The van der Waals surface area contributed by atoms with Gasteiger partial charge in [0.15, 0.2) is 5.82 Å². The number of rotatable bonds is 2. The fourth-order valence-corrected chi connectivity index (χ4v) is 1.86. The van der Waals surface area contributed by atoms with Gasteiger partial charge >= 0.3 is 0 Å². The molecule has 14 heavy (non-hydrogen) atoms. The lowest BCUT2D eigenvalue weighted by Gasteiger charge is -2.07. The van der Waals surface area contributed by atoms with Gasteiger partial charge in [-0.3, -0.25) is 0 Å². The number of thiazole rings is 1. The van der Waals surface area contributed by atoms with E-state index in [1.807, 2.05) is 16.9 Å². The molecule has 2 aromatic rings. The van der Waals surface area contributed by atoms with E-state index >= 15 is 0 Å². The summed E-state index contributed by atoms with van der Waals surface area (Å²) in [5.74, 6) is 0.851. The van der Waals surface area contributed by atoms with Crippen LogP contribution in [-0.4, -0.2) is 19.7 Å². The van der Waals surface area contributed by atoms with E-state index in [0.717, 1.165) is 16.5 Å². The Labute approximate surface area is 86.6 Å². The molecule has 2 aromatic heterocycles. The van der Waals surface area contributed by atoms with Crippen molar-refractivity contribution in [3.63, 3.8) is 0 Å². The van der Waals surface area contributed by atoms with Gasteiger partial charge in [-0.2, -0.15) is 0 Å². The first-order valence-electron chi connectivity index (χ1n) is 4.50. The summed E-state index contributed by atoms with van der Waals surface area (Å²) in [6, 6.07) is 0.363. The summed E-state index contributed by atoms with van der Waals surface area (Å²) < 4.78 is 2.02. The molecule has 0 aromatic carbocycles. The molecule has 0 bridgehead atoms. The molecule has 0 amide bonds. The Balaban J connectivity index is 2.46. The molecule has 0 saturated carbocycles. The zero-order valence-electron chi connectivity index (χ0n) is 8.43. The summed E-state index contributed by atoms with van der Waals surface area (Å²) in [5.41, 5.74) is 0.915. The highest BCUT2D eigenvalue weighted by molar-refractivity contribution is 7.09. The zero-order valence-corrected chi connectivity index (χ0v) is 9.25. The standard InChI is InChI=1S/C9H12N4S/c1-6(2)13-5-10-12-9(13)8-4-14-7(3)11-8/h4-6H,1-3H3. The monoisotopic (exact) mass is 208 g/mol. The Hall–Kier alpha value is -1.23. The summed E-state index contributed by atoms with van der Waals surface area (Å²) in [5, 5.41) is 11.1. The van der Waals surface area contributed by atoms with Crippen LogP contribution in [-0.2, 0) is 0 Å². The highest BCUT2D eigenvalue weighted by Crippen LogP contribution is 2.21.